The maximum absolute atomic E-state index is 9.16. The van der Waals surface area contributed by atoms with Crippen molar-refractivity contribution in [3.63, 3.8) is 0 Å². The molecule has 1 N–H and O–H groups in total. The van der Waals surface area contributed by atoms with E-state index in [1.54, 1.807) is 6.92 Å². The molecular formula is C14H18ClNO. The highest BCUT2D eigenvalue weighted by Crippen LogP contribution is 2.08. The number of hydrogen-bond acceptors (Lipinski definition) is 2. The predicted molar refractivity (Wildman–Crippen MR) is 72.1 cm³/mol. The highest BCUT2D eigenvalue weighted by Gasteiger charge is 1.99. The van der Waals surface area contributed by atoms with Crippen molar-refractivity contribution in [2.24, 2.45) is 0 Å². The number of hydrogen-bond donors (Lipinski definition) is 1. The van der Waals surface area contributed by atoms with Gasteiger partial charge in [0.25, 0.3) is 0 Å². The molecule has 17 heavy (non-hydrogen) atoms. The van der Waals surface area contributed by atoms with Crippen LogP contribution in [0.4, 0.5) is 0 Å². The van der Waals surface area contributed by atoms with Crippen LogP contribution in [-0.4, -0.2) is 36.2 Å². The number of nitrogens with zero attached hydrogens (tertiary/aromatic N) is 1. The summed E-state index contributed by atoms with van der Waals surface area (Å²) in [6.45, 7) is 3.36. The highest BCUT2D eigenvalue weighted by atomic mass is 35.5. The maximum atomic E-state index is 9.16. The van der Waals surface area contributed by atoms with Crippen LogP contribution >= 0.6 is 11.6 Å². The molecule has 1 atom stereocenters. The molecule has 0 fully saturated rings. The van der Waals surface area contributed by atoms with Crippen LogP contribution in [-0.2, 0) is 0 Å². The second-order valence-electron chi connectivity index (χ2n) is 4.18. The summed E-state index contributed by atoms with van der Waals surface area (Å²) in [7, 11) is 2.00. The third kappa shape index (κ3) is 6.33. The Balaban J connectivity index is 2.37. The fourth-order valence-electron chi connectivity index (χ4n) is 1.30. The Kier molecular flexibility index (Phi) is 6.07. The Morgan fingerprint density at radius 2 is 2.00 bits per heavy atom. The van der Waals surface area contributed by atoms with Crippen LogP contribution in [0.1, 0.15) is 18.9 Å². The van der Waals surface area contributed by atoms with Crippen molar-refractivity contribution >= 4 is 11.6 Å². The molecule has 1 aromatic rings. The predicted octanol–water partition coefficient (Wildman–Crippen LogP) is 2.39. The molecular weight excluding hydrogens is 234 g/mol. The lowest BCUT2D eigenvalue weighted by Gasteiger charge is -2.13. The first kappa shape index (κ1) is 14.1. The first-order valence-electron chi connectivity index (χ1n) is 5.69. The van der Waals surface area contributed by atoms with E-state index in [0.29, 0.717) is 6.54 Å². The van der Waals surface area contributed by atoms with Gasteiger partial charge in [-0.05, 0) is 44.7 Å². The molecule has 0 saturated heterocycles. The third-order valence-electron chi connectivity index (χ3n) is 2.35. The van der Waals surface area contributed by atoms with Crippen molar-refractivity contribution in [3.8, 4) is 11.8 Å². The summed E-state index contributed by atoms with van der Waals surface area (Å²) in [4.78, 5) is 2.09. The third-order valence-corrected chi connectivity index (χ3v) is 2.61. The molecule has 0 saturated carbocycles. The molecule has 0 aliphatic carbocycles. The van der Waals surface area contributed by atoms with Crippen LogP contribution in [0.2, 0.25) is 5.02 Å². The van der Waals surface area contributed by atoms with E-state index in [0.717, 1.165) is 23.6 Å². The summed E-state index contributed by atoms with van der Waals surface area (Å²) in [6.07, 6.45) is 0.528. The molecule has 0 spiro atoms. The lowest BCUT2D eigenvalue weighted by atomic mass is 10.2. The fraction of sp³-hybridized carbons (Fsp3) is 0.429. The number of aliphatic hydroxyl groups excluding tert-OH is 1. The first-order chi connectivity index (χ1) is 8.08. The van der Waals surface area contributed by atoms with Gasteiger partial charge in [-0.2, -0.15) is 0 Å². The monoisotopic (exact) mass is 251 g/mol. The van der Waals surface area contributed by atoms with Crippen molar-refractivity contribution in [3.05, 3.63) is 34.9 Å². The van der Waals surface area contributed by atoms with E-state index in [-0.39, 0.29) is 6.10 Å². The standard InChI is InChI=1S/C14H18ClNO/c1-12(17)9-11-16(2)10-3-4-13-5-7-14(15)8-6-13/h5-8,12,17H,9-11H2,1-2H3. The van der Waals surface area contributed by atoms with Crippen LogP contribution in [0, 0.1) is 11.8 Å². The molecule has 92 valence electrons. The van der Waals surface area contributed by atoms with Crippen molar-refractivity contribution in [2.45, 2.75) is 19.4 Å². The van der Waals surface area contributed by atoms with E-state index < -0.39 is 0 Å². The average Bonchev–Trinajstić information content (AvgIpc) is 2.29. The minimum Gasteiger partial charge on any atom is -0.393 e. The molecule has 0 amide bonds. The van der Waals surface area contributed by atoms with Gasteiger partial charge in [-0.1, -0.05) is 23.4 Å². The summed E-state index contributed by atoms with van der Waals surface area (Å²) in [5, 5.41) is 9.88. The van der Waals surface area contributed by atoms with E-state index in [1.165, 1.54) is 0 Å². The normalized spacial score (nSPS) is 12.1. The molecule has 0 aliphatic heterocycles. The summed E-state index contributed by atoms with van der Waals surface area (Å²) in [5.41, 5.74) is 0.971. The van der Waals surface area contributed by atoms with Gasteiger partial charge in [0.05, 0.1) is 12.6 Å². The quantitative estimate of drug-likeness (QED) is 0.831. The van der Waals surface area contributed by atoms with Gasteiger partial charge >= 0.3 is 0 Å². The van der Waals surface area contributed by atoms with Crippen molar-refractivity contribution < 1.29 is 5.11 Å². The van der Waals surface area contributed by atoms with Gasteiger partial charge in [0.1, 0.15) is 0 Å². The lowest BCUT2D eigenvalue weighted by Crippen LogP contribution is -2.22. The second kappa shape index (κ2) is 7.34. The zero-order valence-electron chi connectivity index (χ0n) is 10.3. The Hall–Kier alpha value is -1.01. The Morgan fingerprint density at radius 3 is 2.59 bits per heavy atom. The Labute approximate surface area is 108 Å². The van der Waals surface area contributed by atoms with Gasteiger partial charge in [0, 0.05) is 17.1 Å². The molecule has 0 aromatic heterocycles. The molecule has 0 bridgehead atoms. The molecule has 3 heteroatoms. The highest BCUT2D eigenvalue weighted by molar-refractivity contribution is 6.30. The molecule has 1 rings (SSSR count). The second-order valence-corrected chi connectivity index (χ2v) is 4.62. The summed E-state index contributed by atoms with van der Waals surface area (Å²) in [5.74, 6) is 6.17. The van der Waals surface area contributed by atoms with E-state index in [4.69, 9.17) is 16.7 Å². The van der Waals surface area contributed by atoms with E-state index in [1.807, 2.05) is 31.3 Å². The maximum Gasteiger partial charge on any atom is 0.0602 e. The summed E-state index contributed by atoms with van der Waals surface area (Å²) >= 11 is 5.79. The largest absolute Gasteiger partial charge is 0.393 e. The van der Waals surface area contributed by atoms with Gasteiger partial charge in [-0.25, -0.2) is 0 Å². The zero-order chi connectivity index (χ0) is 12.7. The fourth-order valence-corrected chi connectivity index (χ4v) is 1.42. The Morgan fingerprint density at radius 1 is 1.35 bits per heavy atom. The minimum atomic E-state index is -0.248. The zero-order valence-corrected chi connectivity index (χ0v) is 11.0. The van der Waals surface area contributed by atoms with E-state index in [9.17, 15) is 0 Å². The topological polar surface area (TPSA) is 23.5 Å². The smallest absolute Gasteiger partial charge is 0.0602 e. The molecule has 1 aromatic carbocycles. The molecule has 0 radical (unpaired) electrons. The Bertz CT molecular complexity index is 389. The molecule has 0 aliphatic rings. The average molecular weight is 252 g/mol. The van der Waals surface area contributed by atoms with Gasteiger partial charge in [0.15, 0.2) is 0 Å². The number of aliphatic hydroxyl groups is 1. The van der Waals surface area contributed by atoms with Crippen molar-refractivity contribution in [2.75, 3.05) is 20.1 Å². The summed E-state index contributed by atoms with van der Waals surface area (Å²) < 4.78 is 0. The number of rotatable bonds is 4. The minimum absolute atomic E-state index is 0.248. The first-order valence-corrected chi connectivity index (χ1v) is 6.07. The molecule has 2 nitrogen and oxygen atoms in total. The van der Waals surface area contributed by atoms with Crippen LogP contribution < -0.4 is 0 Å². The molecule has 1 unspecified atom stereocenters. The van der Waals surface area contributed by atoms with Crippen molar-refractivity contribution in [1.29, 1.82) is 0 Å². The van der Waals surface area contributed by atoms with Crippen LogP contribution in [0.3, 0.4) is 0 Å². The van der Waals surface area contributed by atoms with Crippen LogP contribution in [0.15, 0.2) is 24.3 Å². The lowest BCUT2D eigenvalue weighted by molar-refractivity contribution is 0.168. The van der Waals surface area contributed by atoms with Gasteiger partial charge in [-0.3, -0.25) is 4.90 Å². The van der Waals surface area contributed by atoms with E-state index in [2.05, 4.69) is 16.7 Å². The van der Waals surface area contributed by atoms with Gasteiger partial charge in [-0.15, -0.1) is 0 Å². The number of benzene rings is 1. The van der Waals surface area contributed by atoms with Crippen LogP contribution in [0.25, 0.3) is 0 Å². The van der Waals surface area contributed by atoms with Gasteiger partial charge in [0.2, 0.25) is 0 Å². The summed E-state index contributed by atoms with van der Waals surface area (Å²) in [6, 6.07) is 7.49. The molecule has 0 heterocycles. The van der Waals surface area contributed by atoms with Gasteiger partial charge < -0.3 is 5.11 Å². The van der Waals surface area contributed by atoms with Crippen LogP contribution in [0.5, 0.6) is 0 Å². The number of halogens is 1. The van der Waals surface area contributed by atoms with Crippen molar-refractivity contribution in [1.82, 2.24) is 4.90 Å². The SMILES string of the molecule is CC(O)CCN(C)CC#Cc1ccc(Cl)cc1. The van der Waals surface area contributed by atoms with E-state index >= 15 is 0 Å².